The molecule has 0 saturated heterocycles. The second-order valence-corrected chi connectivity index (χ2v) is 8.44. The van der Waals surface area contributed by atoms with Crippen molar-refractivity contribution in [2.45, 2.75) is 37.7 Å². The average molecular weight is 546 g/mol. The Morgan fingerprint density at radius 2 is 1.42 bits per heavy atom. The molecule has 11 heteroatoms. The van der Waals surface area contributed by atoms with Crippen LogP contribution in [0.25, 0.3) is 11.1 Å². The van der Waals surface area contributed by atoms with Crippen molar-refractivity contribution in [3.8, 4) is 22.6 Å². The van der Waals surface area contributed by atoms with Gasteiger partial charge in [-0.05, 0) is 66.8 Å². The smallest absolute Gasteiger partial charge is 0.429 e. The molecule has 0 aliphatic heterocycles. The predicted molar refractivity (Wildman–Crippen MR) is 120 cm³/mol. The van der Waals surface area contributed by atoms with Crippen molar-refractivity contribution in [3.63, 3.8) is 0 Å². The molecule has 0 fully saturated rings. The standard InChI is InChI=1S/C27H19F9O2/c1-3-5-6-14-7-11-19(18(28)13-14)38-27(35,36)17-10-8-15-16-9-12-20(37-4-2)24(30)22(16)26(33,34)25(31,32)21(15)23(17)29/h3,7-13H,1,4-6H2,2H3. The molecule has 0 bridgehead atoms. The maximum Gasteiger partial charge on any atom is 0.429 e. The normalized spacial score (nSPS) is 15.4. The third-order valence-electron chi connectivity index (χ3n) is 6.05. The van der Waals surface area contributed by atoms with Crippen molar-refractivity contribution in [2.75, 3.05) is 6.61 Å². The molecule has 2 nitrogen and oxygen atoms in total. The van der Waals surface area contributed by atoms with Crippen LogP contribution in [0.2, 0.25) is 0 Å². The molecule has 4 rings (SSSR count). The summed E-state index contributed by atoms with van der Waals surface area (Å²) >= 11 is 0. The average Bonchev–Trinajstić information content (AvgIpc) is 2.83. The third kappa shape index (κ3) is 4.27. The van der Waals surface area contributed by atoms with Gasteiger partial charge in [0.2, 0.25) is 0 Å². The first kappa shape index (κ1) is 27.4. The molecule has 0 spiro atoms. The van der Waals surface area contributed by atoms with Gasteiger partial charge in [0.15, 0.2) is 23.1 Å². The van der Waals surface area contributed by atoms with Crippen LogP contribution in [-0.2, 0) is 24.4 Å². The van der Waals surface area contributed by atoms with E-state index < -0.39 is 74.7 Å². The number of rotatable bonds is 8. The SMILES string of the molecule is C=CCCc1ccc(OC(F)(F)c2ccc3c(c2F)C(F)(F)C(F)(F)c2c-3ccc(OCC)c2F)c(F)c1. The second-order valence-electron chi connectivity index (χ2n) is 8.44. The van der Waals surface area contributed by atoms with Crippen LogP contribution >= 0.6 is 0 Å². The van der Waals surface area contributed by atoms with Gasteiger partial charge in [0.05, 0.1) is 17.7 Å². The van der Waals surface area contributed by atoms with Crippen LogP contribution in [0.4, 0.5) is 39.5 Å². The zero-order chi connectivity index (χ0) is 28.0. The summed E-state index contributed by atoms with van der Waals surface area (Å²) in [6.07, 6.45) is -2.39. The van der Waals surface area contributed by atoms with E-state index in [0.29, 0.717) is 30.5 Å². The molecule has 0 unspecified atom stereocenters. The summed E-state index contributed by atoms with van der Waals surface area (Å²) in [4.78, 5) is 0. The van der Waals surface area contributed by atoms with Crippen molar-refractivity contribution < 1.29 is 49.0 Å². The topological polar surface area (TPSA) is 18.5 Å². The van der Waals surface area contributed by atoms with Gasteiger partial charge in [0.25, 0.3) is 0 Å². The Labute approximate surface area is 211 Å². The lowest BCUT2D eigenvalue weighted by Crippen LogP contribution is -2.41. The molecule has 3 aromatic rings. The number of aryl methyl sites for hydroxylation is 1. The van der Waals surface area contributed by atoms with Crippen LogP contribution in [-0.4, -0.2) is 6.61 Å². The first-order chi connectivity index (χ1) is 17.8. The van der Waals surface area contributed by atoms with Crippen LogP contribution < -0.4 is 9.47 Å². The fourth-order valence-electron chi connectivity index (χ4n) is 4.25. The monoisotopic (exact) mass is 546 g/mol. The van der Waals surface area contributed by atoms with E-state index in [2.05, 4.69) is 11.3 Å². The van der Waals surface area contributed by atoms with Gasteiger partial charge >= 0.3 is 18.0 Å². The Balaban J connectivity index is 1.82. The van der Waals surface area contributed by atoms with E-state index in [0.717, 1.165) is 24.3 Å². The minimum Gasteiger partial charge on any atom is -0.491 e. The van der Waals surface area contributed by atoms with E-state index in [-0.39, 0.29) is 6.61 Å². The lowest BCUT2D eigenvalue weighted by Gasteiger charge is -2.36. The number of ether oxygens (including phenoxy) is 2. The van der Waals surface area contributed by atoms with Gasteiger partial charge < -0.3 is 9.47 Å². The van der Waals surface area contributed by atoms with Gasteiger partial charge in [-0.2, -0.15) is 26.3 Å². The van der Waals surface area contributed by atoms with Gasteiger partial charge in [-0.25, -0.2) is 13.2 Å². The van der Waals surface area contributed by atoms with Crippen molar-refractivity contribution >= 4 is 0 Å². The van der Waals surface area contributed by atoms with Crippen LogP contribution in [0, 0.1) is 17.5 Å². The molecule has 0 saturated carbocycles. The Hall–Kier alpha value is -3.63. The lowest BCUT2D eigenvalue weighted by molar-refractivity contribution is -0.228. The molecule has 0 aromatic heterocycles. The summed E-state index contributed by atoms with van der Waals surface area (Å²) < 4.78 is 144. The summed E-state index contributed by atoms with van der Waals surface area (Å²) in [6.45, 7) is 4.74. The molecule has 0 heterocycles. The molecular formula is C27H19F9O2. The lowest BCUT2D eigenvalue weighted by atomic mass is 9.79. The fourth-order valence-corrected chi connectivity index (χ4v) is 4.25. The number of hydrogen-bond acceptors (Lipinski definition) is 2. The number of fused-ring (bicyclic) bond motifs is 3. The van der Waals surface area contributed by atoms with E-state index in [1.54, 1.807) is 6.08 Å². The Morgan fingerprint density at radius 1 is 0.842 bits per heavy atom. The molecule has 0 radical (unpaired) electrons. The Kier molecular flexibility index (Phi) is 6.92. The molecule has 3 aromatic carbocycles. The number of benzene rings is 3. The van der Waals surface area contributed by atoms with Crippen molar-refractivity contribution in [3.05, 3.63) is 94.8 Å². The maximum atomic E-state index is 15.3. The van der Waals surface area contributed by atoms with Crippen LogP contribution in [0.15, 0.2) is 55.1 Å². The first-order valence-corrected chi connectivity index (χ1v) is 11.3. The molecule has 0 amide bonds. The molecular weight excluding hydrogens is 527 g/mol. The van der Waals surface area contributed by atoms with E-state index in [1.165, 1.54) is 13.0 Å². The summed E-state index contributed by atoms with van der Waals surface area (Å²) in [6, 6.07) is 5.56. The van der Waals surface area contributed by atoms with E-state index >= 15 is 13.2 Å². The zero-order valence-corrected chi connectivity index (χ0v) is 19.7. The highest BCUT2D eigenvalue weighted by Gasteiger charge is 2.66. The minimum absolute atomic E-state index is 0.167. The van der Waals surface area contributed by atoms with Crippen molar-refractivity contribution in [2.24, 2.45) is 0 Å². The second kappa shape index (κ2) is 9.59. The highest BCUT2D eigenvalue weighted by atomic mass is 19.3. The van der Waals surface area contributed by atoms with Crippen LogP contribution in [0.3, 0.4) is 0 Å². The van der Waals surface area contributed by atoms with E-state index in [4.69, 9.17) is 4.74 Å². The van der Waals surface area contributed by atoms with Gasteiger partial charge in [0, 0.05) is 0 Å². The number of hydrogen-bond donors (Lipinski definition) is 0. The zero-order valence-electron chi connectivity index (χ0n) is 19.7. The highest BCUT2D eigenvalue weighted by Crippen LogP contribution is 2.60. The largest absolute Gasteiger partial charge is 0.491 e. The van der Waals surface area contributed by atoms with E-state index in [1.807, 2.05) is 0 Å². The molecule has 0 atom stereocenters. The Bertz CT molecular complexity index is 1400. The fraction of sp³-hybridized carbons (Fsp3) is 0.259. The van der Waals surface area contributed by atoms with Gasteiger partial charge in [-0.15, -0.1) is 6.58 Å². The number of allylic oxidation sites excluding steroid dienone is 1. The summed E-state index contributed by atoms with van der Waals surface area (Å²) in [7, 11) is 0. The Morgan fingerprint density at radius 3 is 2.00 bits per heavy atom. The maximum absolute atomic E-state index is 15.3. The quantitative estimate of drug-likeness (QED) is 0.208. The van der Waals surface area contributed by atoms with Gasteiger partial charge in [0.1, 0.15) is 11.4 Å². The summed E-state index contributed by atoms with van der Waals surface area (Å²) in [5, 5.41) is 0. The molecule has 38 heavy (non-hydrogen) atoms. The van der Waals surface area contributed by atoms with Crippen molar-refractivity contribution in [1.29, 1.82) is 0 Å². The van der Waals surface area contributed by atoms with Gasteiger partial charge in [-0.3, -0.25) is 0 Å². The molecule has 1 aliphatic carbocycles. The van der Waals surface area contributed by atoms with Crippen LogP contribution in [0.1, 0.15) is 35.6 Å². The summed E-state index contributed by atoms with van der Waals surface area (Å²) in [5.74, 6) is -18.0. The molecule has 0 N–H and O–H groups in total. The molecule has 202 valence electrons. The van der Waals surface area contributed by atoms with Gasteiger partial charge in [-0.1, -0.05) is 18.2 Å². The van der Waals surface area contributed by atoms with E-state index in [9.17, 15) is 26.3 Å². The number of halogens is 9. The summed E-state index contributed by atoms with van der Waals surface area (Å²) in [5.41, 5.74) is -7.00. The minimum atomic E-state index is -5.45. The molecule has 1 aliphatic rings. The highest BCUT2D eigenvalue weighted by molar-refractivity contribution is 5.77. The third-order valence-corrected chi connectivity index (χ3v) is 6.05. The predicted octanol–water partition coefficient (Wildman–Crippen LogP) is 8.61. The number of alkyl halides is 6. The van der Waals surface area contributed by atoms with Crippen LogP contribution in [0.5, 0.6) is 11.5 Å². The first-order valence-electron chi connectivity index (χ1n) is 11.3. The van der Waals surface area contributed by atoms with Crippen molar-refractivity contribution in [1.82, 2.24) is 0 Å².